The van der Waals surface area contributed by atoms with E-state index >= 15 is 0 Å². The SMILES string of the molecule is CN(CCOc1ccc(CC2SC(=O)NC2=O)cc1)C1(c2ccc(N)cc2)C=CC=CN1. The van der Waals surface area contributed by atoms with Crippen LogP contribution >= 0.6 is 11.8 Å². The number of rotatable bonds is 8. The van der Waals surface area contributed by atoms with Gasteiger partial charge in [0, 0.05) is 12.2 Å². The zero-order valence-electron chi connectivity index (χ0n) is 17.8. The number of dihydropyridines is 1. The molecule has 2 aromatic rings. The van der Waals surface area contributed by atoms with E-state index < -0.39 is 5.66 Å². The van der Waals surface area contributed by atoms with E-state index in [9.17, 15) is 9.59 Å². The lowest BCUT2D eigenvalue weighted by Crippen LogP contribution is -2.53. The van der Waals surface area contributed by atoms with Crippen LogP contribution < -0.4 is 21.1 Å². The van der Waals surface area contributed by atoms with Crippen LogP contribution in [0.15, 0.2) is 73.0 Å². The van der Waals surface area contributed by atoms with Crippen LogP contribution in [0.2, 0.25) is 0 Å². The molecule has 0 bridgehead atoms. The molecule has 2 amide bonds. The lowest BCUT2D eigenvalue weighted by molar-refractivity contribution is -0.118. The van der Waals surface area contributed by atoms with Gasteiger partial charge in [0.1, 0.15) is 18.0 Å². The number of nitrogens with one attached hydrogen (secondary N) is 2. The molecule has 2 aromatic carbocycles. The number of anilines is 1. The first-order valence-electron chi connectivity index (χ1n) is 10.4. The molecule has 4 N–H and O–H groups in total. The molecule has 0 aliphatic carbocycles. The molecule has 2 aliphatic heterocycles. The van der Waals surface area contributed by atoms with Crippen LogP contribution in [0.25, 0.3) is 0 Å². The van der Waals surface area contributed by atoms with E-state index in [4.69, 9.17) is 10.5 Å². The summed E-state index contributed by atoms with van der Waals surface area (Å²) in [6.45, 7) is 1.18. The number of nitrogens with zero attached hydrogens (tertiary/aromatic N) is 1. The number of hydrogen-bond donors (Lipinski definition) is 3. The second-order valence-corrected chi connectivity index (χ2v) is 8.93. The molecule has 166 valence electrons. The summed E-state index contributed by atoms with van der Waals surface area (Å²) < 4.78 is 5.96. The van der Waals surface area contributed by atoms with Crippen LogP contribution in [0.3, 0.4) is 0 Å². The van der Waals surface area contributed by atoms with Crippen LogP contribution in [0.5, 0.6) is 5.75 Å². The lowest BCUT2D eigenvalue weighted by Gasteiger charge is -2.41. The van der Waals surface area contributed by atoms with Gasteiger partial charge in [0.25, 0.3) is 5.24 Å². The largest absolute Gasteiger partial charge is 0.492 e. The third kappa shape index (κ3) is 4.81. The maximum atomic E-state index is 11.7. The van der Waals surface area contributed by atoms with Crippen LogP contribution in [-0.4, -0.2) is 41.5 Å². The number of nitrogen functional groups attached to an aromatic ring is 1. The summed E-state index contributed by atoms with van der Waals surface area (Å²) in [5, 5.41) is 5.14. The van der Waals surface area contributed by atoms with E-state index in [0.717, 1.165) is 34.3 Å². The first-order chi connectivity index (χ1) is 15.5. The Kier molecular flexibility index (Phi) is 6.53. The van der Waals surface area contributed by atoms with Crippen molar-refractivity contribution in [1.82, 2.24) is 15.5 Å². The minimum absolute atomic E-state index is 0.224. The van der Waals surface area contributed by atoms with Crippen molar-refractivity contribution in [3.05, 3.63) is 84.1 Å². The molecule has 1 fully saturated rings. The van der Waals surface area contributed by atoms with Gasteiger partial charge in [-0.05, 0) is 67.2 Å². The number of allylic oxidation sites excluding steroid dienone is 2. The Hall–Kier alpha value is -3.23. The fourth-order valence-corrected chi connectivity index (χ4v) is 4.65. The van der Waals surface area contributed by atoms with Crippen molar-refractivity contribution in [3.8, 4) is 5.75 Å². The second kappa shape index (κ2) is 9.50. The van der Waals surface area contributed by atoms with Crippen molar-refractivity contribution in [1.29, 1.82) is 0 Å². The monoisotopic (exact) mass is 450 g/mol. The maximum Gasteiger partial charge on any atom is 0.286 e. The molecular formula is C24H26N4O3S. The molecule has 8 heteroatoms. The van der Waals surface area contributed by atoms with Gasteiger partial charge in [-0.25, -0.2) is 0 Å². The van der Waals surface area contributed by atoms with E-state index in [1.807, 2.05) is 73.9 Å². The molecule has 4 rings (SSSR count). The maximum absolute atomic E-state index is 11.7. The molecule has 0 spiro atoms. The van der Waals surface area contributed by atoms with Gasteiger partial charge in [-0.15, -0.1) is 0 Å². The van der Waals surface area contributed by atoms with Crippen molar-refractivity contribution in [2.24, 2.45) is 0 Å². The van der Waals surface area contributed by atoms with Gasteiger partial charge in [-0.3, -0.25) is 19.8 Å². The van der Waals surface area contributed by atoms with E-state index in [-0.39, 0.29) is 16.4 Å². The lowest BCUT2D eigenvalue weighted by atomic mass is 9.95. The Morgan fingerprint density at radius 2 is 1.84 bits per heavy atom. The minimum atomic E-state index is -0.480. The highest BCUT2D eigenvalue weighted by atomic mass is 32.2. The highest BCUT2D eigenvalue weighted by Crippen LogP contribution is 2.29. The van der Waals surface area contributed by atoms with Crippen LogP contribution in [0, 0.1) is 0 Å². The molecule has 2 unspecified atom stereocenters. The third-order valence-corrected chi connectivity index (χ3v) is 6.59. The third-order valence-electron chi connectivity index (χ3n) is 5.61. The van der Waals surface area contributed by atoms with E-state index in [2.05, 4.69) is 21.6 Å². The first kappa shape index (κ1) is 22.0. The van der Waals surface area contributed by atoms with Crippen molar-refractivity contribution in [2.75, 3.05) is 25.9 Å². The molecule has 0 saturated carbocycles. The molecule has 2 heterocycles. The summed E-state index contributed by atoms with van der Waals surface area (Å²) in [6.07, 6.45) is 8.56. The van der Waals surface area contributed by atoms with Crippen molar-refractivity contribution in [3.63, 3.8) is 0 Å². The topological polar surface area (TPSA) is 96.7 Å². The van der Waals surface area contributed by atoms with Gasteiger partial charge in [0.2, 0.25) is 5.91 Å². The number of benzene rings is 2. The predicted molar refractivity (Wildman–Crippen MR) is 127 cm³/mol. The number of carbonyl (C=O) groups excluding carboxylic acids is 2. The quantitative estimate of drug-likeness (QED) is 0.532. The average Bonchev–Trinajstić information content (AvgIpc) is 3.12. The summed E-state index contributed by atoms with van der Waals surface area (Å²) in [6, 6.07) is 15.5. The highest BCUT2D eigenvalue weighted by molar-refractivity contribution is 8.15. The molecule has 1 saturated heterocycles. The van der Waals surface area contributed by atoms with Gasteiger partial charge in [-0.1, -0.05) is 42.1 Å². The van der Waals surface area contributed by atoms with Gasteiger partial charge in [0.15, 0.2) is 0 Å². The fraction of sp³-hybridized carbons (Fsp3) is 0.250. The number of carbonyl (C=O) groups is 2. The number of amides is 2. The highest BCUT2D eigenvalue weighted by Gasteiger charge is 2.34. The van der Waals surface area contributed by atoms with Crippen molar-refractivity contribution in [2.45, 2.75) is 17.3 Å². The zero-order chi connectivity index (χ0) is 22.6. The number of nitrogens with two attached hydrogens (primary N) is 1. The summed E-state index contributed by atoms with van der Waals surface area (Å²) in [4.78, 5) is 25.2. The summed E-state index contributed by atoms with van der Waals surface area (Å²) in [7, 11) is 2.05. The van der Waals surface area contributed by atoms with Gasteiger partial charge in [0.05, 0.1) is 5.25 Å². The molecular weight excluding hydrogens is 424 g/mol. The Bertz CT molecular complexity index is 1040. The zero-order valence-corrected chi connectivity index (χ0v) is 18.6. The number of imide groups is 1. The average molecular weight is 451 g/mol. The number of hydrogen-bond acceptors (Lipinski definition) is 7. The Morgan fingerprint density at radius 1 is 1.09 bits per heavy atom. The van der Waals surface area contributed by atoms with Gasteiger partial charge >= 0.3 is 0 Å². The minimum Gasteiger partial charge on any atom is -0.492 e. The molecule has 0 radical (unpaired) electrons. The predicted octanol–water partition coefficient (Wildman–Crippen LogP) is 3.00. The van der Waals surface area contributed by atoms with Gasteiger partial charge < -0.3 is 15.8 Å². The van der Waals surface area contributed by atoms with E-state index in [1.54, 1.807) is 0 Å². The smallest absolute Gasteiger partial charge is 0.286 e. The molecule has 32 heavy (non-hydrogen) atoms. The second-order valence-electron chi connectivity index (χ2n) is 7.75. The first-order valence-corrected chi connectivity index (χ1v) is 11.3. The Morgan fingerprint density at radius 3 is 2.47 bits per heavy atom. The van der Waals surface area contributed by atoms with Crippen molar-refractivity contribution >= 4 is 28.6 Å². The fourth-order valence-electron chi connectivity index (χ4n) is 3.79. The Balaban J connectivity index is 1.34. The molecule has 0 aromatic heterocycles. The standard InChI is InChI=1S/C24H26N4O3S/c1-28(24(12-2-3-13-26-24)18-6-8-19(25)9-7-18)14-15-31-20-10-4-17(5-11-20)16-21-22(29)27-23(30)32-21/h2-13,21,26H,14-16,25H2,1H3,(H,27,29,30). The number of likely N-dealkylation sites (N-methyl/N-ethyl adjacent to an activating group) is 1. The van der Waals surface area contributed by atoms with E-state index in [1.165, 1.54) is 0 Å². The summed E-state index contributed by atoms with van der Waals surface area (Å²) in [5.41, 5.74) is 8.19. The van der Waals surface area contributed by atoms with Gasteiger partial charge in [-0.2, -0.15) is 0 Å². The molecule has 7 nitrogen and oxygen atoms in total. The molecule has 2 atom stereocenters. The number of ether oxygens (including phenoxy) is 1. The molecule has 2 aliphatic rings. The Labute approximate surface area is 191 Å². The van der Waals surface area contributed by atoms with E-state index in [0.29, 0.717) is 19.6 Å². The normalized spacial score (nSPS) is 22.1. The summed E-state index contributed by atoms with van der Waals surface area (Å²) in [5.74, 6) is 0.536. The van der Waals surface area contributed by atoms with Crippen molar-refractivity contribution < 1.29 is 14.3 Å². The van der Waals surface area contributed by atoms with Crippen LogP contribution in [0.1, 0.15) is 11.1 Å². The summed E-state index contributed by atoms with van der Waals surface area (Å²) >= 11 is 1.04. The van der Waals surface area contributed by atoms with Crippen LogP contribution in [-0.2, 0) is 16.9 Å². The van der Waals surface area contributed by atoms with Crippen LogP contribution in [0.4, 0.5) is 10.5 Å². The number of thioether (sulfide) groups is 1.